The first-order chi connectivity index (χ1) is 7.63. The van der Waals surface area contributed by atoms with Crippen molar-refractivity contribution in [2.75, 3.05) is 12.8 Å². The minimum absolute atomic E-state index is 0.0611. The second-order valence-corrected chi connectivity index (χ2v) is 3.94. The van der Waals surface area contributed by atoms with Crippen LogP contribution >= 0.6 is 11.8 Å². The van der Waals surface area contributed by atoms with E-state index in [2.05, 4.69) is 10.3 Å². The summed E-state index contributed by atoms with van der Waals surface area (Å²) in [7, 11) is 0. The Kier molecular flexibility index (Phi) is 4.31. The number of piperazine rings is 1. The summed E-state index contributed by atoms with van der Waals surface area (Å²) in [5.41, 5.74) is 0. The number of carbonyl (C=O) groups is 2. The highest BCUT2D eigenvalue weighted by Gasteiger charge is 2.34. The molecule has 0 radical (unpaired) electrons. The fourth-order valence-electron chi connectivity index (χ4n) is 1.54. The average molecular weight is 240 g/mol. The number of nitrogens with one attached hydrogen (secondary N) is 1. The van der Waals surface area contributed by atoms with Crippen LogP contribution in [0.15, 0.2) is 4.99 Å². The molecule has 0 aromatic carbocycles. The van der Waals surface area contributed by atoms with Gasteiger partial charge in [-0.15, -0.1) is 4.99 Å². The maximum Gasteiger partial charge on any atom is 0.249 e. The van der Waals surface area contributed by atoms with E-state index in [9.17, 15) is 9.59 Å². The van der Waals surface area contributed by atoms with Gasteiger partial charge in [-0.1, -0.05) is 18.7 Å². The molecule has 1 fully saturated rings. The van der Waals surface area contributed by atoms with Gasteiger partial charge in [0.2, 0.25) is 18.0 Å². The average Bonchev–Trinajstić information content (AvgIpc) is 2.25. The SMILES string of the molecule is CCC1C(=O)NC(=O)CN1C(=NC#N)SC. The van der Waals surface area contributed by atoms with Gasteiger partial charge in [0, 0.05) is 0 Å². The maximum absolute atomic E-state index is 11.6. The predicted octanol–water partition coefficient (Wildman–Crippen LogP) is -0.0765. The molecule has 0 aromatic heterocycles. The van der Waals surface area contributed by atoms with Crippen molar-refractivity contribution < 1.29 is 9.59 Å². The molecule has 0 aromatic rings. The molecule has 1 atom stereocenters. The van der Waals surface area contributed by atoms with Gasteiger partial charge in [-0.25, -0.2) is 0 Å². The number of aliphatic imine (C=N–C) groups is 1. The van der Waals surface area contributed by atoms with Crippen molar-refractivity contribution >= 4 is 28.7 Å². The Morgan fingerprint density at radius 3 is 2.94 bits per heavy atom. The summed E-state index contributed by atoms with van der Waals surface area (Å²) in [4.78, 5) is 28.0. The Hall–Kier alpha value is -1.55. The summed E-state index contributed by atoms with van der Waals surface area (Å²) >= 11 is 1.25. The molecule has 1 rings (SSSR count). The van der Waals surface area contributed by atoms with Crippen molar-refractivity contribution in [1.82, 2.24) is 10.2 Å². The van der Waals surface area contributed by atoms with Crippen molar-refractivity contribution in [2.45, 2.75) is 19.4 Å². The van der Waals surface area contributed by atoms with E-state index in [0.29, 0.717) is 11.6 Å². The lowest BCUT2D eigenvalue weighted by Crippen LogP contribution is -2.59. The van der Waals surface area contributed by atoms with Gasteiger partial charge in [-0.2, -0.15) is 5.26 Å². The van der Waals surface area contributed by atoms with Crippen LogP contribution in [0.3, 0.4) is 0 Å². The Balaban J connectivity index is 2.98. The van der Waals surface area contributed by atoms with Crippen molar-refractivity contribution in [1.29, 1.82) is 5.26 Å². The highest BCUT2D eigenvalue weighted by atomic mass is 32.2. The molecule has 7 heteroatoms. The third-order valence-electron chi connectivity index (χ3n) is 2.22. The fraction of sp³-hybridized carbons (Fsp3) is 0.556. The maximum atomic E-state index is 11.6. The van der Waals surface area contributed by atoms with E-state index in [0.717, 1.165) is 0 Å². The second kappa shape index (κ2) is 5.51. The lowest BCUT2D eigenvalue weighted by Gasteiger charge is -2.34. The first-order valence-electron chi connectivity index (χ1n) is 4.75. The summed E-state index contributed by atoms with van der Waals surface area (Å²) in [6.07, 6.45) is 3.98. The number of amidine groups is 1. The van der Waals surface area contributed by atoms with Crippen LogP contribution < -0.4 is 5.32 Å². The molecule has 1 unspecified atom stereocenters. The zero-order chi connectivity index (χ0) is 12.1. The number of thioether (sulfide) groups is 1. The Labute approximate surface area is 97.7 Å². The largest absolute Gasteiger partial charge is 0.329 e. The van der Waals surface area contributed by atoms with Gasteiger partial charge in [0.1, 0.15) is 12.6 Å². The molecular weight excluding hydrogens is 228 g/mol. The summed E-state index contributed by atoms with van der Waals surface area (Å²) in [5, 5.41) is 11.2. The van der Waals surface area contributed by atoms with Crippen LogP contribution in [0.2, 0.25) is 0 Å². The van der Waals surface area contributed by atoms with Crippen molar-refractivity contribution in [2.24, 2.45) is 4.99 Å². The normalized spacial score (nSPS) is 21.7. The molecule has 1 N–H and O–H groups in total. The summed E-state index contributed by atoms with van der Waals surface area (Å²) in [6, 6.07) is -0.433. The van der Waals surface area contributed by atoms with Crippen molar-refractivity contribution in [3.63, 3.8) is 0 Å². The zero-order valence-corrected chi connectivity index (χ0v) is 9.87. The molecular formula is C9H12N4O2S. The third kappa shape index (κ3) is 2.52. The number of hydrogen-bond acceptors (Lipinski definition) is 5. The number of nitrogens with zero attached hydrogens (tertiary/aromatic N) is 3. The first-order valence-corrected chi connectivity index (χ1v) is 5.97. The molecule has 0 aliphatic carbocycles. The standard InChI is InChI=1S/C9H12N4O2S/c1-3-6-8(15)12-7(14)4-13(6)9(16-2)11-5-10/h6H,3-4H2,1-2H3,(H,12,14,15). The van der Waals surface area contributed by atoms with E-state index >= 15 is 0 Å². The zero-order valence-electron chi connectivity index (χ0n) is 9.06. The van der Waals surface area contributed by atoms with Crippen LogP contribution in [-0.2, 0) is 9.59 Å². The molecule has 16 heavy (non-hydrogen) atoms. The van der Waals surface area contributed by atoms with Crippen molar-refractivity contribution in [3.05, 3.63) is 0 Å². The van der Waals surface area contributed by atoms with Crippen molar-refractivity contribution in [3.8, 4) is 6.19 Å². The molecule has 2 amide bonds. The van der Waals surface area contributed by atoms with Gasteiger partial charge in [-0.3, -0.25) is 14.9 Å². The number of amides is 2. The van der Waals surface area contributed by atoms with E-state index in [1.54, 1.807) is 17.3 Å². The molecule has 6 nitrogen and oxygen atoms in total. The number of nitriles is 1. The van der Waals surface area contributed by atoms with Crippen LogP contribution in [0.5, 0.6) is 0 Å². The van der Waals surface area contributed by atoms with E-state index < -0.39 is 6.04 Å². The Morgan fingerprint density at radius 2 is 2.44 bits per heavy atom. The minimum atomic E-state index is -0.433. The number of hydrogen-bond donors (Lipinski definition) is 1. The summed E-state index contributed by atoms with van der Waals surface area (Å²) < 4.78 is 0. The smallest absolute Gasteiger partial charge is 0.249 e. The van der Waals surface area contributed by atoms with Crippen LogP contribution in [-0.4, -0.2) is 40.7 Å². The van der Waals surface area contributed by atoms with Gasteiger partial charge >= 0.3 is 0 Å². The lowest BCUT2D eigenvalue weighted by atomic mass is 10.1. The van der Waals surface area contributed by atoms with Crippen LogP contribution in [0.1, 0.15) is 13.3 Å². The quantitative estimate of drug-likeness (QED) is 0.300. The Morgan fingerprint density at radius 1 is 1.75 bits per heavy atom. The van der Waals surface area contributed by atoms with Gasteiger partial charge < -0.3 is 4.90 Å². The van der Waals surface area contributed by atoms with Gasteiger partial charge in [0.15, 0.2) is 5.17 Å². The summed E-state index contributed by atoms with van der Waals surface area (Å²) in [6.45, 7) is 1.91. The highest BCUT2D eigenvalue weighted by molar-refractivity contribution is 8.13. The monoisotopic (exact) mass is 240 g/mol. The predicted molar refractivity (Wildman–Crippen MR) is 60.5 cm³/mol. The third-order valence-corrected chi connectivity index (χ3v) is 2.91. The van der Waals surface area contributed by atoms with E-state index in [4.69, 9.17) is 5.26 Å². The molecule has 0 bridgehead atoms. The second-order valence-electron chi connectivity index (χ2n) is 3.16. The van der Waals surface area contributed by atoms with E-state index in [-0.39, 0.29) is 18.4 Å². The van der Waals surface area contributed by atoms with Crippen LogP contribution in [0.25, 0.3) is 0 Å². The molecule has 1 aliphatic heterocycles. The lowest BCUT2D eigenvalue weighted by molar-refractivity contribution is -0.137. The molecule has 86 valence electrons. The van der Waals surface area contributed by atoms with Crippen LogP contribution in [0.4, 0.5) is 0 Å². The van der Waals surface area contributed by atoms with E-state index in [1.807, 2.05) is 6.92 Å². The molecule has 1 heterocycles. The van der Waals surface area contributed by atoms with Gasteiger partial charge in [0.25, 0.3) is 0 Å². The Bertz CT molecular complexity index is 374. The van der Waals surface area contributed by atoms with E-state index in [1.165, 1.54) is 11.8 Å². The van der Waals surface area contributed by atoms with Crippen LogP contribution in [0, 0.1) is 11.5 Å². The molecule has 0 saturated carbocycles. The molecule has 1 aliphatic rings. The minimum Gasteiger partial charge on any atom is -0.329 e. The van der Waals surface area contributed by atoms with Gasteiger partial charge in [0.05, 0.1) is 0 Å². The molecule has 1 saturated heterocycles. The summed E-state index contributed by atoms with van der Waals surface area (Å²) in [5.74, 6) is -0.701. The van der Waals surface area contributed by atoms with Gasteiger partial charge in [-0.05, 0) is 12.7 Å². The number of carbonyl (C=O) groups excluding carboxylic acids is 2. The first kappa shape index (κ1) is 12.5. The fourth-order valence-corrected chi connectivity index (χ4v) is 2.10. The molecule has 0 spiro atoms. The number of imide groups is 1. The topological polar surface area (TPSA) is 85.6 Å². The highest BCUT2D eigenvalue weighted by Crippen LogP contribution is 2.15. The number of rotatable bonds is 1.